The van der Waals surface area contributed by atoms with Gasteiger partial charge in [0.15, 0.2) is 0 Å². The van der Waals surface area contributed by atoms with E-state index in [0.717, 1.165) is 17.5 Å². The van der Waals surface area contributed by atoms with E-state index in [-0.39, 0.29) is 0 Å². The van der Waals surface area contributed by atoms with Gasteiger partial charge in [-0.1, -0.05) is 37.1 Å². The van der Waals surface area contributed by atoms with Crippen LogP contribution in [-0.2, 0) is 0 Å². The zero-order valence-electron chi connectivity index (χ0n) is 15.3. The fourth-order valence-electron chi connectivity index (χ4n) is 5.61. The molecule has 2 nitrogen and oxygen atoms in total. The first-order valence-electron chi connectivity index (χ1n) is 10.2. The third-order valence-electron chi connectivity index (χ3n) is 6.90. The predicted molar refractivity (Wildman–Crippen MR) is 105 cm³/mol. The standard InChI is InChI=1S/C24H26N2/c25-16-17-7-9-18(10-8-17)19-11-12-22-20-4-3-13-26(21-5-1-2-6-21)24(15-20)23(22)14-19/h7-12,14,20-21,24H,1-6,13,15H2. The average Bonchev–Trinajstić information content (AvgIpc) is 3.27. The summed E-state index contributed by atoms with van der Waals surface area (Å²) in [5, 5.41) is 9.03. The quantitative estimate of drug-likeness (QED) is 0.690. The number of hydrogen-bond acceptors (Lipinski definition) is 2. The van der Waals surface area contributed by atoms with Crippen molar-refractivity contribution in [2.45, 2.75) is 62.9 Å². The van der Waals surface area contributed by atoms with E-state index in [1.165, 1.54) is 62.6 Å². The third kappa shape index (κ3) is 2.66. The van der Waals surface area contributed by atoms with E-state index in [0.29, 0.717) is 6.04 Å². The second-order valence-corrected chi connectivity index (χ2v) is 8.30. The number of nitrogens with zero attached hydrogens (tertiary/aromatic N) is 2. The van der Waals surface area contributed by atoms with Crippen LogP contribution >= 0.6 is 0 Å². The maximum atomic E-state index is 9.03. The van der Waals surface area contributed by atoms with Crippen LogP contribution in [0.15, 0.2) is 42.5 Å². The van der Waals surface area contributed by atoms with E-state index in [4.69, 9.17) is 5.26 Å². The molecule has 0 aromatic heterocycles. The molecule has 1 saturated heterocycles. The number of nitriles is 1. The fourth-order valence-corrected chi connectivity index (χ4v) is 5.61. The van der Waals surface area contributed by atoms with Gasteiger partial charge in [0.05, 0.1) is 11.6 Å². The monoisotopic (exact) mass is 342 g/mol. The van der Waals surface area contributed by atoms with Gasteiger partial charge in [0.1, 0.15) is 0 Å². The van der Waals surface area contributed by atoms with Crippen molar-refractivity contribution >= 4 is 0 Å². The molecule has 3 aliphatic rings. The zero-order chi connectivity index (χ0) is 17.5. The van der Waals surface area contributed by atoms with Gasteiger partial charge in [0.2, 0.25) is 0 Å². The number of benzene rings is 2. The molecule has 2 aliphatic carbocycles. The molecular weight excluding hydrogens is 316 g/mol. The van der Waals surface area contributed by atoms with Crippen molar-refractivity contribution in [2.24, 2.45) is 0 Å². The van der Waals surface area contributed by atoms with Crippen molar-refractivity contribution in [3.63, 3.8) is 0 Å². The molecule has 26 heavy (non-hydrogen) atoms. The molecule has 2 aromatic carbocycles. The van der Waals surface area contributed by atoms with Gasteiger partial charge in [-0.05, 0) is 85.0 Å². The molecule has 0 spiro atoms. The average molecular weight is 342 g/mol. The van der Waals surface area contributed by atoms with E-state index in [9.17, 15) is 0 Å². The van der Waals surface area contributed by atoms with Crippen molar-refractivity contribution in [1.29, 1.82) is 5.26 Å². The molecule has 5 rings (SSSR count). The minimum atomic E-state index is 0.624. The topological polar surface area (TPSA) is 27.0 Å². The first-order valence-corrected chi connectivity index (χ1v) is 10.2. The van der Waals surface area contributed by atoms with Crippen molar-refractivity contribution in [1.82, 2.24) is 4.90 Å². The second kappa shape index (κ2) is 6.56. The summed E-state index contributed by atoms with van der Waals surface area (Å²) in [5.41, 5.74) is 6.44. The van der Waals surface area contributed by atoms with E-state index < -0.39 is 0 Å². The van der Waals surface area contributed by atoms with Crippen molar-refractivity contribution in [3.8, 4) is 17.2 Å². The molecule has 2 atom stereocenters. The van der Waals surface area contributed by atoms with Gasteiger partial charge in [0, 0.05) is 12.1 Å². The lowest BCUT2D eigenvalue weighted by Gasteiger charge is -2.34. The van der Waals surface area contributed by atoms with Crippen LogP contribution in [-0.4, -0.2) is 17.5 Å². The van der Waals surface area contributed by atoms with Crippen LogP contribution in [0.1, 0.15) is 73.6 Å². The molecule has 0 N–H and O–H groups in total. The summed E-state index contributed by atoms with van der Waals surface area (Å²) in [6, 6.07) is 18.8. The normalized spacial score (nSPS) is 25.7. The molecule has 2 fully saturated rings. The minimum Gasteiger partial charge on any atom is -0.293 e. The van der Waals surface area contributed by atoms with Crippen LogP contribution in [0, 0.1) is 11.3 Å². The van der Waals surface area contributed by atoms with Crippen molar-refractivity contribution < 1.29 is 0 Å². The van der Waals surface area contributed by atoms with Gasteiger partial charge in [0.25, 0.3) is 0 Å². The van der Waals surface area contributed by atoms with Crippen LogP contribution in [0.25, 0.3) is 11.1 Å². The van der Waals surface area contributed by atoms with Gasteiger partial charge >= 0.3 is 0 Å². The Hall–Kier alpha value is -2.11. The highest BCUT2D eigenvalue weighted by molar-refractivity contribution is 5.66. The molecule has 1 heterocycles. The zero-order valence-corrected chi connectivity index (χ0v) is 15.3. The summed E-state index contributed by atoms with van der Waals surface area (Å²) >= 11 is 0. The van der Waals surface area contributed by atoms with E-state index in [1.54, 1.807) is 11.1 Å². The summed E-state index contributed by atoms with van der Waals surface area (Å²) in [7, 11) is 0. The smallest absolute Gasteiger partial charge is 0.0991 e. The number of rotatable bonds is 2. The largest absolute Gasteiger partial charge is 0.293 e. The summed E-state index contributed by atoms with van der Waals surface area (Å²) in [5.74, 6) is 0.761. The fraction of sp³-hybridized carbons (Fsp3) is 0.458. The van der Waals surface area contributed by atoms with Gasteiger partial charge in [-0.15, -0.1) is 0 Å². The Kier molecular flexibility index (Phi) is 4.06. The Morgan fingerprint density at radius 3 is 2.38 bits per heavy atom. The lowest BCUT2D eigenvalue weighted by molar-refractivity contribution is 0.142. The molecular formula is C24H26N2. The molecule has 0 amide bonds. The van der Waals surface area contributed by atoms with Crippen LogP contribution in [0.5, 0.6) is 0 Å². The van der Waals surface area contributed by atoms with E-state index >= 15 is 0 Å². The van der Waals surface area contributed by atoms with Crippen LogP contribution < -0.4 is 0 Å². The SMILES string of the molecule is N#Cc1ccc(-c2ccc3c(c2)C2CC3CCCN2C2CCCC2)cc1. The number of likely N-dealkylation sites (tertiary alicyclic amines) is 1. The Labute approximate surface area is 156 Å². The Bertz CT molecular complexity index is 840. The predicted octanol–water partition coefficient (Wildman–Crippen LogP) is 5.79. The molecule has 1 aliphatic heterocycles. The molecule has 132 valence electrons. The molecule has 2 unspecified atom stereocenters. The minimum absolute atomic E-state index is 0.624. The van der Waals surface area contributed by atoms with Gasteiger partial charge in [-0.3, -0.25) is 4.90 Å². The first-order chi connectivity index (χ1) is 12.8. The van der Waals surface area contributed by atoms with Crippen LogP contribution in [0.2, 0.25) is 0 Å². The Morgan fingerprint density at radius 2 is 1.62 bits per heavy atom. The van der Waals surface area contributed by atoms with Gasteiger partial charge in [-0.2, -0.15) is 5.26 Å². The number of hydrogen-bond donors (Lipinski definition) is 0. The maximum absolute atomic E-state index is 9.03. The van der Waals surface area contributed by atoms with Crippen molar-refractivity contribution in [2.75, 3.05) is 6.54 Å². The van der Waals surface area contributed by atoms with Crippen LogP contribution in [0.3, 0.4) is 0 Å². The molecule has 2 heteroatoms. The summed E-state index contributed by atoms with van der Waals surface area (Å²) in [4.78, 5) is 2.86. The lowest BCUT2D eigenvalue weighted by atomic mass is 9.93. The first kappa shape index (κ1) is 16.1. The molecule has 2 aromatic rings. The third-order valence-corrected chi connectivity index (χ3v) is 6.90. The Balaban J connectivity index is 1.52. The summed E-state index contributed by atoms with van der Waals surface area (Å²) in [6.07, 6.45) is 9.64. The molecule has 0 radical (unpaired) electrons. The number of fused-ring (bicyclic) bond motifs is 5. The molecule has 2 bridgehead atoms. The summed E-state index contributed by atoms with van der Waals surface area (Å²) < 4.78 is 0. The Morgan fingerprint density at radius 1 is 0.846 bits per heavy atom. The van der Waals surface area contributed by atoms with E-state index in [1.807, 2.05) is 12.1 Å². The van der Waals surface area contributed by atoms with Crippen LogP contribution in [0.4, 0.5) is 0 Å². The lowest BCUT2D eigenvalue weighted by Crippen LogP contribution is -2.36. The highest BCUT2D eigenvalue weighted by atomic mass is 15.2. The molecule has 1 saturated carbocycles. The van der Waals surface area contributed by atoms with Gasteiger partial charge < -0.3 is 0 Å². The van der Waals surface area contributed by atoms with Crippen molar-refractivity contribution in [3.05, 3.63) is 59.2 Å². The van der Waals surface area contributed by atoms with Gasteiger partial charge in [-0.25, -0.2) is 0 Å². The summed E-state index contributed by atoms with van der Waals surface area (Å²) in [6.45, 7) is 1.28. The second-order valence-electron chi connectivity index (χ2n) is 8.30. The highest BCUT2D eigenvalue weighted by Crippen LogP contribution is 2.50. The maximum Gasteiger partial charge on any atom is 0.0991 e. The highest BCUT2D eigenvalue weighted by Gasteiger charge is 2.39. The van der Waals surface area contributed by atoms with E-state index in [2.05, 4.69) is 41.3 Å².